The Kier molecular flexibility index (Phi) is 4.56. The number of nitrogens with zero attached hydrogens (tertiary/aromatic N) is 7. The van der Waals surface area contributed by atoms with Gasteiger partial charge in [0, 0.05) is 25.0 Å². The first-order chi connectivity index (χ1) is 13.0. The van der Waals surface area contributed by atoms with Gasteiger partial charge >= 0.3 is 0 Å². The van der Waals surface area contributed by atoms with Crippen molar-refractivity contribution in [3.8, 4) is 11.4 Å². The standard InChI is InChI=1S/C17H17BrN8O/c1-9(2)12(17-23-14(25-27-17)10-5-4-6-19-7-10)22-15-11-13(18)24-26(3)16(11)21-8-20-15/h4-9,12H,1-3H3,(H,20,21,22). The molecule has 10 heteroatoms. The lowest BCUT2D eigenvalue weighted by molar-refractivity contribution is 0.336. The number of anilines is 1. The van der Waals surface area contributed by atoms with Crippen LogP contribution in [0.3, 0.4) is 0 Å². The second-order valence-electron chi connectivity index (χ2n) is 6.40. The predicted molar refractivity (Wildman–Crippen MR) is 103 cm³/mol. The summed E-state index contributed by atoms with van der Waals surface area (Å²) in [4.78, 5) is 17.3. The molecular formula is C17H17BrN8O. The highest BCUT2D eigenvalue weighted by Gasteiger charge is 2.25. The number of nitrogens with one attached hydrogen (secondary N) is 1. The van der Waals surface area contributed by atoms with Crippen molar-refractivity contribution in [2.75, 3.05) is 5.32 Å². The summed E-state index contributed by atoms with van der Waals surface area (Å²) in [6.45, 7) is 4.14. The highest BCUT2D eigenvalue weighted by Crippen LogP contribution is 2.32. The maximum atomic E-state index is 5.53. The van der Waals surface area contributed by atoms with Gasteiger partial charge in [-0.3, -0.25) is 4.98 Å². The molecule has 0 aliphatic rings. The summed E-state index contributed by atoms with van der Waals surface area (Å²) in [6.07, 6.45) is 4.91. The summed E-state index contributed by atoms with van der Waals surface area (Å²) in [6, 6.07) is 3.49. The van der Waals surface area contributed by atoms with E-state index < -0.39 is 0 Å². The highest BCUT2D eigenvalue weighted by atomic mass is 79.9. The third-order valence-electron chi connectivity index (χ3n) is 4.16. The van der Waals surface area contributed by atoms with Gasteiger partial charge in [0.2, 0.25) is 11.7 Å². The third-order valence-corrected chi connectivity index (χ3v) is 4.72. The predicted octanol–water partition coefficient (Wildman–Crippen LogP) is 3.38. The van der Waals surface area contributed by atoms with Crippen molar-refractivity contribution in [2.45, 2.75) is 19.9 Å². The van der Waals surface area contributed by atoms with Crippen LogP contribution in [0.2, 0.25) is 0 Å². The third kappa shape index (κ3) is 3.27. The lowest BCUT2D eigenvalue weighted by atomic mass is 10.0. The largest absolute Gasteiger partial charge is 0.357 e. The number of rotatable bonds is 5. The smallest absolute Gasteiger partial charge is 0.249 e. The van der Waals surface area contributed by atoms with Crippen LogP contribution < -0.4 is 5.32 Å². The Hall–Kier alpha value is -2.88. The van der Waals surface area contributed by atoms with Crippen LogP contribution in [0.25, 0.3) is 22.4 Å². The van der Waals surface area contributed by atoms with Crippen LogP contribution in [-0.4, -0.2) is 34.9 Å². The fourth-order valence-electron chi connectivity index (χ4n) is 2.78. The van der Waals surface area contributed by atoms with Crippen molar-refractivity contribution in [1.29, 1.82) is 0 Å². The minimum Gasteiger partial charge on any atom is -0.357 e. The van der Waals surface area contributed by atoms with Crippen LogP contribution in [-0.2, 0) is 7.05 Å². The van der Waals surface area contributed by atoms with Crippen molar-refractivity contribution in [1.82, 2.24) is 34.9 Å². The molecule has 0 amide bonds. The van der Waals surface area contributed by atoms with Gasteiger partial charge < -0.3 is 9.84 Å². The number of aromatic nitrogens is 7. The van der Waals surface area contributed by atoms with Gasteiger partial charge in [0.1, 0.15) is 22.8 Å². The minimum atomic E-state index is -0.229. The second kappa shape index (κ2) is 7.03. The van der Waals surface area contributed by atoms with Crippen LogP contribution in [0, 0.1) is 5.92 Å². The van der Waals surface area contributed by atoms with E-state index in [0.29, 0.717) is 22.1 Å². The van der Waals surface area contributed by atoms with E-state index in [9.17, 15) is 0 Å². The zero-order chi connectivity index (χ0) is 19.0. The van der Waals surface area contributed by atoms with Crippen LogP contribution in [0.4, 0.5) is 5.82 Å². The maximum Gasteiger partial charge on any atom is 0.249 e. The summed E-state index contributed by atoms with van der Waals surface area (Å²) in [5.41, 5.74) is 1.53. The van der Waals surface area contributed by atoms with Gasteiger partial charge in [-0.25, -0.2) is 14.6 Å². The van der Waals surface area contributed by atoms with Crippen LogP contribution in [0.1, 0.15) is 25.8 Å². The Labute approximate surface area is 163 Å². The fourth-order valence-corrected chi connectivity index (χ4v) is 3.39. The van der Waals surface area contributed by atoms with Crippen molar-refractivity contribution in [3.63, 3.8) is 0 Å². The summed E-state index contributed by atoms with van der Waals surface area (Å²) >= 11 is 3.48. The number of aryl methyl sites for hydroxylation is 1. The van der Waals surface area contributed by atoms with E-state index in [0.717, 1.165) is 16.6 Å². The summed E-state index contributed by atoms with van der Waals surface area (Å²) in [5, 5.41) is 12.7. The molecule has 1 atom stereocenters. The topological polar surface area (TPSA) is 107 Å². The van der Waals surface area contributed by atoms with Gasteiger partial charge in [-0.1, -0.05) is 19.0 Å². The van der Waals surface area contributed by atoms with E-state index in [1.807, 2.05) is 19.2 Å². The van der Waals surface area contributed by atoms with Gasteiger partial charge in [-0.15, -0.1) is 0 Å². The summed E-state index contributed by atoms with van der Waals surface area (Å²) in [5.74, 6) is 1.81. The summed E-state index contributed by atoms with van der Waals surface area (Å²) < 4.78 is 7.91. The van der Waals surface area contributed by atoms with Crippen molar-refractivity contribution in [3.05, 3.63) is 41.3 Å². The Bertz CT molecular complexity index is 1080. The summed E-state index contributed by atoms with van der Waals surface area (Å²) in [7, 11) is 1.84. The molecule has 0 aliphatic heterocycles. The molecule has 1 N–H and O–H groups in total. The van der Waals surface area contributed by atoms with Gasteiger partial charge in [0.15, 0.2) is 5.65 Å². The zero-order valence-electron chi connectivity index (χ0n) is 15.0. The average molecular weight is 429 g/mol. The number of pyridine rings is 1. The van der Waals surface area contributed by atoms with E-state index in [1.54, 1.807) is 17.1 Å². The molecule has 4 aromatic rings. The average Bonchev–Trinajstić information content (AvgIpc) is 3.26. The van der Waals surface area contributed by atoms with Crippen LogP contribution >= 0.6 is 15.9 Å². The van der Waals surface area contributed by atoms with Crippen molar-refractivity contribution in [2.24, 2.45) is 13.0 Å². The van der Waals surface area contributed by atoms with E-state index >= 15 is 0 Å². The SMILES string of the molecule is CC(C)C(Nc1ncnc2c1c(Br)nn2C)c1nc(-c2cccnc2)no1. The quantitative estimate of drug-likeness (QED) is 0.515. The molecule has 0 aliphatic carbocycles. The van der Waals surface area contributed by atoms with E-state index in [2.05, 4.69) is 65.3 Å². The lowest BCUT2D eigenvalue weighted by Gasteiger charge is -2.19. The van der Waals surface area contributed by atoms with Gasteiger partial charge in [-0.2, -0.15) is 10.1 Å². The molecule has 9 nitrogen and oxygen atoms in total. The molecule has 0 spiro atoms. The highest BCUT2D eigenvalue weighted by molar-refractivity contribution is 9.10. The lowest BCUT2D eigenvalue weighted by Crippen LogP contribution is -2.18. The first-order valence-electron chi connectivity index (χ1n) is 8.38. The Morgan fingerprint density at radius 3 is 2.85 bits per heavy atom. The van der Waals surface area contributed by atoms with E-state index in [1.165, 1.54) is 6.33 Å². The normalized spacial score (nSPS) is 12.6. The van der Waals surface area contributed by atoms with Gasteiger partial charge in [-0.05, 0) is 34.0 Å². The fraction of sp³-hybridized carbons (Fsp3) is 0.294. The molecule has 27 heavy (non-hydrogen) atoms. The zero-order valence-corrected chi connectivity index (χ0v) is 16.5. The molecule has 0 radical (unpaired) electrons. The first kappa shape index (κ1) is 17.5. The molecule has 0 saturated heterocycles. The number of hydrogen-bond donors (Lipinski definition) is 1. The van der Waals surface area contributed by atoms with Crippen molar-refractivity contribution >= 4 is 32.8 Å². The Balaban J connectivity index is 1.70. The molecule has 0 aromatic carbocycles. The Morgan fingerprint density at radius 1 is 1.26 bits per heavy atom. The molecule has 4 aromatic heterocycles. The monoisotopic (exact) mass is 428 g/mol. The minimum absolute atomic E-state index is 0.174. The van der Waals surface area contributed by atoms with Crippen LogP contribution in [0.15, 0.2) is 40.0 Å². The van der Waals surface area contributed by atoms with Crippen LogP contribution in [0.5, 0.6) is 0 Å². The molecular weight excluding hydrogens is 412 g/mol. The molecule has 138 valence electrons. The van der Waals surface area contributed by atoms with Crippen molar-refractivity contribution < 1.29 is 4.52 Å². The van der Waals surface area contributed by atoms with Gasteiger partial charge in [0.05, 0.1) is 5.39 Å². The number of hydrogen-bond acceptors (Lipinski definition) is 8. The molecule has 0 bridgehead atoms. The number of halogens is 1. The molecule has 1 unspecified atom stereocenters. The molecule has 0 saturated carbocycles. The molecule has 4 rings (SSSR count). The van der Waals surface area contributed by atoms with Gasteiger partial charge in [0.25, 0.3) is 0 Å². The first-order valence-corrected chi connectivity index (χ1v) is 9.17. The Morgan fingerprint density at radius 2 is 2.11 bits per heavy atom. The molecule has 4 heterocycles. The number of fused-ring (bicyclic) bond motifs is 1. The molecule has 0 fully saturated rings. The maximum absolute atomic E-state index is 5.53. The van der Waals surface area contributed by atoms with E-state index in [4.69, 9.17) is 4.52 Å². The second-order valence-corrected chi connectivity index (χ2v) is 7.15. The van der Waals surface area contributed by atoms with E-state index in [-0.39, 0.29) is 12.0 Å².